The van der Waals surface area contributed by atoms with Crippen LogP contribution in [-0.2, 0) is 19.5 Å². The first-order valence-electron chi connectivity index (χ1n) is 12.3. The Morgan fingerprint density at radius 1 is 0.889 bits per heavy atom. The molecule has 2 amide bonds. The zero-order chi connectivity index (χ0) is 27.6. The van der Waals surface area contributed by atoms with Crippen LogP contribution < -0.4 is 11.1 Å². The SMILES string of the molecule is Cc1ccc(S(=O)(=O)N(CCCNC(=O)OC(C)(C)C)CCN(CCCN)C(=O)OC(C)(C)C)cc1. The molecule has 0 aliphatic heterocycles. The van der Waals surface area contributed by atoms with Crippen molar-refractivity contribution in [1.29, 1.82) is 0 Å². The fraction of sp³-hybridized carbons (Fsp3) is 0.680. The van der Waals surface area contributed by atoms with E-state index in [1.165, 1.54) is 9.21 Å². The molecule has 10 nitrogen and oxygen atoms in total. The normalized spacial score (nSPS) is 12.4. The van der Waals surface area contributed by atoms with Crippen molar-refractivity contribution in [2.75, 3.05) is 39.3 Å². The van der Waals surface area contributed by atoms with Crippen LogP contribution in [0.3, 0.4) is 0 Å². The number of amides is 2. The summed E-state index contributed by atoms with van der Waals surface area (Å²) in [6.07, 6.45) is -0.160. The summed E-state index contributed by atoms with van der Waals surface area (Å²) in [6.45, 7) is 13.8. The number of carbonyl (C=O) groups excluding carboxylic acids is 2. The molecule has 0 aromatic heterocycles. The number of carbonyl (C=O) groups is 2. The molecule has 0 radical (unpaired) electrons. The van der Waals surface area contributed by atoms with E-state index in [1.807, 2.05) is 6.92 Å². The van der Waals surface area contributed by atoms with Gasteiger partial charge in [-0.2, -0.15) is 4.31 Å². The van der Waals surface area contributed by atoms with Gasteiger partial charge in [-0.1, -0.05) is 17.7 Å². The molecule has 0 heterocycles. The van der Waals surface area contributed by atoms with Gasteiger partial charge < -0.3 is 25.4 Å². The largest absolute Gasteiger partial charge is 0.444 e. The lowest BCUT2D eigenvalue weighted by Crippen LogP contribution is -2.44. The fourth-order valence-electron chi connectivity index (χ4n) is 3.11. The van der Waals surface area contributed by atoms with Crippen LogP contribution in [0.1, 0.15) is 59.9 Å². The molecule has 0 unspecified atom stereocenters. The van der Waals surface area contributed by atoms with Crippen LogP contribution in [-0.4, -0.2) is 80.3 Å². The summed E-state index contributed by atoms with van der Waals surface area (Å²) in [6, 6.07) is 6.61. The monoisotopic (exact) mass is 528 g/mol. The van der Waals surface area contributed by atoms with Crippen LogP contribution in [0.5, 0.6) is 0 Å². The highest BCUT2D eigenvalue weighted by molar-refractivity contribution is 7.89. The third-order valence-electron chi connectivity index (χ3n) is 4.81. The second-order valence-corrected chi connectivity index (χ2v) is 12.5. The number of ether oxygens (including phenoxy) is 2. The van der Waals surface area contributed by atoms with E-state index in [0.29, 0.717) is 25.9 Å². The minimum Gasteiger partial charge on any atom is -0.444 e. The van der Waals surface area contributed by atoms with Gasteiger partial charge in [0.2, 0.25) is 10.0 Å². The molecule has 0 fully saturated rings. The van der Waals surface area contributed by atoms with E-state index in [4.69, 9.17) is 15.2 Å². The Labute approximate surface area is 216 Å². The van der Waals surface area contributed by atoms with Crippen molar-refractivity contribution in [2.45, 2.75) is 77.4 Å². The van der Waals surface area contributed by atoms with E-state index >= 15 is 0 Å². The van der Waals surface area contributed by atoms with Gasteiger partial charge in [-0.15, -0.1) is 0 Å². The number of aryl methyl sites for hydroxylation is 1. The summed E-state index contributed by atoms with van der Waals surface area (Å²) in [5.74, 6) is 0. The Kier molecular flexibility index (Phi) is 12.1. The Hall–Kier alpha value is -2.37. The van der Waals surface area contributed by atoms with Crippen molar-refractivity contribution in [2.24, 2.45) is 5.73 Å². The number of nitrogens with zero attached hydrogens (tertiary/aromatic N) is 2. The minimum absolute atomic E-state index is 0.0620. The highest BCUT2D eigenvalue weighted by Crippen LogP contribution is 2.18. The molecule has 1 rings (SSSR count). The van der Waals surface area contributed by atoms with Crippen molar-refractivity contribution >= 4 is 22.2 Å². The van der Waals surface area contributed by atoms with Crippen LogP contribution in [0, 0.1) is 6.92 Å². The molecule has 0 spiro atoms. The van der Waals surface area contributed by atoms with Gasteiger partial charge in [0.25, 0.3) is 0 Å². The molecule has 0 saturated carbocycles. The van der Waals surface area contributed by atoms with Crippen molar-refractivity contribution in [3.8, 4) is 0 Å². The lowest BCUT2D eigenvalue weighted by molar-refractivity contribution is 0.0241. The van der Waals surface area contributed by atoms with Gasteiger partial charge in [0.1, 0.15) is 11.2 Å². The third kappa shape index (κ3) is 12.0. The van der Waals surface area contributed by atoms with Crippen LogP contribution in [0.4, 0.5) is 9.59 Å². The summed E-state index contributed by atoms with van der Waals surface area (Å²) < 4.78 is 38.9. The maximum atomic E-state index is 13.4. The lowest BCUT2D eigenvalue weighted by Gasteiger charge is -2.30. The second-order valence-electron chi connectivity index (χ2n) is 10.6. The minimum atomic E-state index is -3.84. The maximum absolute atomic E-state index is 13.4. The average molecular weight is 529 g/mol. The molecular weight excluding hydrogens is 484 g/mol. The summed E-state index contributed by atoms with van der Waals surface area (Å²) >= 11 is 0. The fourth-order valence-corrected chi connectivity index (χ4v) is 4.58. The Balaban J connectivity index is 2.99. The van der Waals surface area contributed by atoms with E-state index in [1.54, 1.807) is 65.8 Å². The Morgan fingerprint density at radius 3 is 2.00 bits per heavy atom. The highest BCUT2D eigenvalue weighted by atomic mass is 32.2. The topological polar surface area (TPSA) is 131 Å². The van der Waals surface area contributed by atoms with Crippen LogP contribution in [0.2, 0.25) is 0 Å². The molecule has 0 saturated heterocycles. The number of benzene rings is 1. The van der Waals surface area contributed by atoms with Crippen LogP contribution in [0.25, 0.3) is 0 Å². The van der Waals surface area contributed by atoms with Gasteiger partial charge in [-0.05, 0) is 80.0 Å². The first-order valence-corrected chi connectivity index (χ1v) is 13.7. The number of hydrogen-bond acceptors (Lipinski definition) is 7. The van der Waals surface area contributed by atoms with Crippen LogP contribution in [0.15, 0.2) is 29.2 Å². The first-order chi connectivity index (χ1) is 16.5. The highest BCUT2D eigenvalue weighted by Gasteiger charge is 2.27. The number of sulfonamides is 1. The summed E-state index contributed by atoms with van der Waals surface area (Å²) in [4.78, 5) is 26.3. The molecule has 36 heavy (non-hydrogen) atoms. The zero-order valence-corrected chi connectivity index (χ0v) is 23.6. The summed E-state index contributed by atoms with van der Waals surface area (Å²) in [5.41, 5.74) is 5.27. The molecule has 0 aliphatic carbocycles. The van der Waals surface area contributed by atoms with Gasteiger partial charge in [0.15, 0.2) is 0 Å². The lowest BCUT2D eigenvalue weighted by atomic mass is 10.2. The summed E-state index contributed by atoms with van der Waals surface area (Å²) in [5, 5.41) is 2.65. The number of nitrogens with one attached hydrogen (secondary N) is 1. The molecule has 0 aliphatic rings. The molecule has 1 aromatic carbocycles. The molecule has 11 heteroatoms. The van der Waals surface area contributed by atoms with Gasteiger partial charge in [0, 0.05) is 32.7 Å². The molecule has 0 bridgehead atoms. The van der Waals surface area contributed by atoms with E-state index in [0.717, 1.165) is 5.56 Å². The molecule has 1 aromatic rings. The number of rotatable bonds is 12. The average Bonchev–Trinajstić information content (AvgIpc) is 2.72. The number of nitrogens with two attached hydrogens (primary N) is 1. The number of hydrogen-bond donors (Lipinski definition) is 2. The van der Waals surface area contributed by atoms with E-state index in [-0.39, 0.29) is 31.1 Å². The molecular formula is C25H44N4O6S. The van der Waals surface area contributed by atoms with Gasteiger partial charge in [-0.3, -0.25) is 0 Å². The standard InChI is InChI=1S/C25H44N4O6S/c1-20-10-12-21(13-11-20)36(32,33)29(17-9-15-27-22(30)34-24(2,3)4)19-18-28(16-8-14-26)23(31)35-25(5,6)7/h10-13H,8-9,14-19,26H2,1-7H3,(H,27,30). The predicted molar refractivity (Wildman–Crippen MR) is 140 cm³/mol. The van der Waals surface area contributed by atoms with Crippen LogP contribution >= 0.6 is 0 Å². The van der Waals surface area contributed by atoms with Gasteiger partial charge in [0.05, 0.1) is 4.90 Å². The van der Waals surface area contributed by atoms with Crippen molar-refractivity contribution in [1.82, 2.24) is 14.5 Å². The molecule has 206 valence electrons. The number of alkyl carbamates (subject to hydrolysis) is 1. The van der Waals surface area contributed by atoms with Gasteiger partial charge in [-0.25, -0.2) is 18.0 Å². The first kappa shape index (κ1) is 31.7. The predicted octanol–water partition coefficient (Wildman–Crippen LogP) is 3.49. The van der Waals surface area contributed by atoms with Gasteiger partial charge >= 0.3 is 12.2 Å². The molecule has 0 atom stereocenters. The zero-order valence-electron chi connectivity index (χ0n) is 22.8. The van der Waals surface area contributed by atoms with E-state index in [2.05, 4.69) is 5.32 Å². The van der Waals surface area contributed by atoms with Crippen molar-refractivity contribution < 1.29 is 27.5 Å². The van der Waals surface area contributed by atoms with Crippen molar-refractivity contribution in [3.63, 3.8) is 0 Å². The smallest absolute Gasteiger partial charge is 0.410 e. The third-order valence-corrected chi connectivity index (χ3v) is 6.73. The molecule has 3 N–H and O–H groups in total. The Bertz CT molecular complexity index is 937. The second kappa shape index (κ2) is 13.8. The Morgan fingerprint density at radius 2 is 1.47 bits per heavy atom. The van der Waals surface area contributed by atoms with E-state index < -0.39 is 33.4 Å². The maximum Gasteiger partial charge on any atom is 0.410 e. The van der Waals surface area contributed by atoms with Crippen molar-refractivity contribution in [3.05, 3.63) is 29.8 Å². The van der Waals surface area contributed by atoms with E-state index in [9.17, 15) is 18.0 Å². The quantitative estimate of drug-likeness (QED) is 0.397. The summed E-state index contributed by atoms with van der Waals surface area (Å²) in [7, 11) is -3.84.